The molecule has 0 saturated carbocycles. The van der Waals surface area contributed by atoms with Crippen molar-refractivity contribution in [2.24, 2.45) is 0 Å². The lowest BCUT2D eigenvalue weighted by Crippen LogP contribution is -2.16. The average molecular weight is 162 g/mol. The van der Waals surface area contributed by atoms with Gasteiger partial charge < -0.3 is 14.6 Å². The molecule has 0 amide bonds. The predicted molar refractivity (Wildman–Crippen MR) is 43.6 cm³/mol. The molecule has 0 aromatic carbocycles. The molecule has 3 heteroatoms. The molecule has 0 spiro atoms. The van der Waals surface area contributed by atoms with E-state index in [0.717, 1.165) is 13.0 Å². The lowest BCUT2D eigenvalue weighted by atomic mass is 10.4. The second kappa shape index (κ2) is 7.98. The molecule has 0 fully saturated rings. The highest BCUT2D eigenvalue weighted by molar-refractivity contribution is 4.43. The average Bonchev–Trinajstić information content (AvgIpc) is 2.04. The maximum absolute atomic E-state index is 8.57. The van der Waals surface area contributed by atoms with E-state index in [1.807, 2.05) is 6.92 Å². The van der Waals surface area contributed by atoms with Crippen LogP contribution in [0.15, 0.2) is 0 Å². The van der Waals surface area contributed by atoms with Crippen LogP contribution in [0.5, 0.6) is 0 Å². The first-order valence-electron chi connectivity index (χ1n) is 4.11. The number of aliphatic hydroxyl groups is 1. The molecule has 0 aromatic rings. The molecule has 0 aliphatic rings. The summed E-state index contributed by atoms with van der Waals surface area (Å²) in [6.07, 6.45) is 0.968. The monoisotopic (exact) mass is 162 g/mol. The number of ether oxygens (including phenoxy) is 2. The summed E-state index contributed by atoms with van der Waals surface area (Å²) in [4.78, 5) is 0. The van der Waals surface area contributed by atoms with Crippen molar-refractivity contribution in [3.63, 3.8) is 0 Å². The fraction of sp³-hybridized carbons (Fsp3) is 1.00. The van der Waals surface area contributed by atoms with Gasteiger partial charge in [-0.05, 0) is 13.3 Å². The second-order valence-electron chi connectivity index (χ2n) is 2.48. The Morgan fingerprint density at radius 3 is 2.55 bits per heavy atom. The van der Waals surface area contributed by atoms with Gasteiger partial charge in [0.05, 0.1) is 25.9 Å². The first-order chi connectivity index (χ1) is 5.31. The molecule has 0 aliphatic heterocycles. The van der Waals surface area contributed by atoms with Gasteiger partial charge in [0.25, 0.3) is 0 Å². The second-order valence-corrected chi connectivity index (χ2v) is 2.48. The summed E-state index contributed by atoms with van der Waals surface area (Å²) in [5.74, 6) is 0. The molecular formula is C8H18O3. The van der Waals surface area contributed by atoms with Gasteiger partial charge in [-0.3, -0.25) is 0 Å². The summed E-state index contributed by atoms with van der Waals surface area (Å²) in [6.45, 7) is 5.96. The third-order valence-electron chi connectivity index (χ3n) is 1.24. The summed E-state index contributed by atoms with van der Waals surface area (Å²) in [7, 11) is 0. The molecule has 0 rings (SSSR count). The minimum Gasteiger partial charge on any atom is -0.394 e. The van der Waals surface area contributed by atoms with Crippen LogP contribution in [-0.4, -0.2) is 37.6 Å². The minimum atomic E-state index is -0.0692. The number of hydrogen-bond acceptors (Lipinski definition) is 3. The van der Waals surface area contributed by atoms with Crippen molar-refractivity contribution in [2.75, 3.05) is 26.4 Å². The van der Waals surface area contributed by atoms with Crippen LogP contribution in [0.2, 0.25) is 0 Å². The van der Waals surface area contributed by atoms with Gasteiger partial charge >= 0.3 is 0 Å². The quantitative estimate of drug-likeness (QED) is 0.563. The Bertz CT molecular complexity index is 75.7. The summed E-state index contributed by atoms with van der Waals surface area (Å²) in [5.41, 5.74) is 0. The normalized spacial score (nSPS) is 13.4. The van der Waals surface area contributed by atoms with Crippen LogP contribution in [0, 0.1) is 0 Å². The van der Waals surface area contributed by atoms with Crippen molar-refractivity contribution in [3.05, 3.63) is 0 Å². The van der Waals surface area contributed by atoms with Crippen LogP contribution in [0.1, 0.15) is 20.3 Å². The maximum atomic E-state index is 8.57. The number of hydrogen-bond donors (Lipinski definition) is 1. The first kappa shape index (κ1) is 10.9. The van der Waals surface area contributed by atoms with E-state index in [1.165, 1.54) is 0 Å². The molecular weight excluding hydrogens is 144 g/mol. The lowest BCUT2D eigenvalue weighted by Gasteiger charge is -2.09. The predicted octanol–water partition coefficient (Wildman–Crippen LogP) is 0.810. The van der Waals surface area contributed by atoms with Crippen molar-refractivity contribution in [1.29, 1.82) is 0 Å². The van der Waals surface area contributed by atoms with Crippen LogP contribution >= 0.6 is 0 Å². The Morgan fingerprint density at radius 2 is 2.00 bits per heavy atom. The van der Waals surface area contributed by atoms with Crippen molar-refractivity contribution in [2.45, 2.75) is 26.4 Å². The van der Waals surface area contributed by atoms with Crippen LogP contribution < -0.4 is 0 Å². The molecule has 1 atom stereocenters. The highest BCUT2D eigenvalue weighted by Crippen LogP contribution is 1.88. The highest BCUT2D eigenvalue weighted by Gasteiger charge is 1.97. The summed E-state index contributed by atoms with van der Waals surface area (Å²) < 4.78 is 10.3. The lowest BCUT2D eigenvalue weighted by molar-refractivity contribution is -0.0102. The maximum Gasteiger partial charge on any atom is 0.0778 e. The Morgan fingerprint density at radius 1 is 1.27 bits per heavy atom. The van der Waals surface area contributed by atoms with Gasteiger partial charge in [0.1, 0.15) is 0 Å². The largest absolute Gasteiger partial charge is 0.394 e. The molecule has 3 nitrogen and oxygen atoms in total. The molecule has 11 heavy (non-hydrogen) atoms. The van der Waals surface area contributed by atoms with Crippen LogP contribution in [0.3, 0.4) is 0 Å². The first-order valence-corrected chi connectivity index (χ1v) is 4.11. The SMILES string of the molecule is CCCOCCOC(C)CO. The molecule has 0 heterocycles. The van der Waals surface area contributed by atoms with Gasteiger partial charge in [0.2, 0.25) is 0 Å². The standard InChI is InChI=1S/C8H18O3/c1-3-4-10-5-6-11-8(2)7-9/h8-9H,3-7H2,1-2H3. The van der Waals surface area contributed by atoms with E-state index in [-0.39, 0.29) is 12.7 Å². The fourth-order valence-corrected chi connectivity index (χ4v) is 0.607. The topological polar surface area (TPSA) is 38.7 Å². The van der Waals surface area contributed by atoms with E-state index >= 15 is 0 Å². The van der Waals surface area contributed by atoms with E-state index in [2.05, 4.69) is 6.92 Å². The highest BCUT2D eigenvalue weighted by atomic mass is 16.5. The molecule has 0 bridgehead atoms. The Hall–Kier alpha value is -0.120. The van der Waals surface area contributed by atoms with Crippen molar-refractivity contribution >= 4 is 0 Å². The van der Waals surface area contributed by atoms with E-state index in [9.17, 15) is 0 Å². The zero-order valence-electron chi connectivity index (χ0n) is 7.38. The number of aliphatic hydroxyl groups excluding tert-OH is 1. The number of rotatable bonds is 7. The van der Waals surface area contributed by atoms with Gasteiger partial charge in [-0.2, -0.15) is 0 Å². The Labute approximate surface area is 68.3 Å². The van der Waals surface area contributed by atoms with Crippen LogP contribution in [0.4, 0.5) is 0 Å². The summed E-state index contributed by atoms with van der Waals surface area (Å²) in [6, 6.07) is 0. The van der Waals surface area contributed by atoms with E-state index < -0.39 is 0 Å². The van der Waals surface area contributed by atoms with Gasteiger partial charge in [-0.1, -0.05) is 6.92 Å². The molecule has 0 aromatic heterocycles. The molecule has 1 unspecified atom stereocenters. The Balaban J connectivity index is 2.89. The smallest absolute Gasteiger partial charge is 0.0778 e. The fourth-order valence-electron chi connectivity index (χ4n) is 0.607. The molecule has 0 saturated heterocycles. The molecule has 0 aliphatic carbocycles. The summed E-state index contributed by atoms with van der Waals surface area (Å²) >= 11 is 0. The Kier molecular flexibility index (Phi) is 7.89. The van der Waals surface area contributed by atoms with E-state index in [4.69, 9.17) is 14.6 Å². The van der Waals surface area contributed by atoms with Crippen LogP contribution in [-0.2, 0) is 9.47 Å². The third kappa shape index (κ3) is 7.78. The molecule has 1 N–H and O–H groups in total. The van der Waals surface area contributed by atoms with Gasteiger partial charge in [-0.25, -0.2) is 0 Å². The summed E-state index contributed by atoms with van der Waals surface area (Å²) in [5, 5.41) is 8.57. The van der Waals surface area contributed by atoms with Gasteiger partial charge in [-0.15, -0.1) is 0 Å². The van der Waals surface area contributed by atoms with E-state index in [0.29, 0.717) is 13.2 Å². The molecule has 0 radical (unpaired) electrons. The molecule has 68 valence electrons. The van der Waals surface area contributed by atoms with E-state index in [1.54, 1.807) is 0 Å². The van der Waals surface area contributed by atoms with Crippen LogP contribution in [0.25, 0.3) is 0 Å². The zero-order chi connectivity index (χ0) is 8.53. The van der Waals surface area contributed by atoms with Gasteiger partial charge in [0.15, 0.2) is 0 Å². The third-order valence-corrected chi connectivity index (χ3v) is 1.24. The van der Waals surface area contributed by atoms with Crippen molar-refractivity contribution < 1.29 is 14.6 Å². The zero-order valence-corrected chi connectivity index (χ0v) is 7.38. The minimum absolute atomic E-state index is 0.0692. The van der Waals surface area contributed by atoms with Gasteiger partial charge in [0, 0.05) is 6.61 Å². The van der Waals surface area contributed by atoms with Crippen molar-refractivity contribution in [1.82, 2.24) is 0 Å². The van der Waals surface area contributed by atoms with Crippen molar-refractivity contribution in [3.8, 4) is 0 Å².